The second-order valence-electron chi connectivity index (χ2n) is 6.82. The maximum atomic E-state index is 12.5. The van der Waals surface area contributed by atoms with Gasteiger partial charge >= 0.3 is 0 Å². The van der Waals surface area contributed by atoms with Gasteiger partial charge in [-0.25, -0.2) is 0 Å². The average molecular weight is 335 g/mol. The minimum Gasteiger partial charge on any atom is -0.396 e. The Kier molecular flexibility index (Phi) is 5.03. The monoisotopic (exact) mass is 335 g/mol. The third-order valence-corrected chi connectivity index (χ3v) is 4.87. The molecule has 3 heterocycles. The smallest absolute Gasteiger partial charge is 0.261 e. The number of carbonyl (C=O) groups is 1. The van der Waals surface area contributed by atoms with E-state index < -0.39 is 0 Å². The average Bonchev–Trinajstić information content (AvgIpc) is 2.87. The molecule has 2 saturated heterocycles. The number of aromatic amines is 1. The van der Waals surface area contributed by atoms with Gasteiger partial charge in [0.2, 0.25) is 0 Å². The first-order valence-corrected chi connectivity index (χ1v) is 8.46. The first-order valence-electron chi connectivity index (χ1n) is 8.46. The van der Waals surface area contributed by atoms with Crippen LogP contribution < -0.4 is 10.9 Å². The Labute approximate surface area is 141 Å². The van der Waals surface area contributed by atoms with Crippen LogP contribution in [-0.2, 0) is 4.74 Å². The lowest BCUT2D eigenvalue weighted by atomic mass is 10.1. The van der Waals surface area contributed by atoms with Crippen LogP contribution in [0.5, 0.6) is 0 Å². The van der Waals surface area contributed by atoms with Gasteiger partial charge in [0.25, 0.3) is 11.5 Å². The molecule has 0 bridgehead atoms. The van der Waals surface area contributed by atoms with Gasteiger partial charge in [-0.3, -0.25) is 14.5 Å². The summed E-state index contributed by atoms with van der Waals surface area (Å²) in [4.78, 5) is 29.6. The van der Waals surface area contributed by atoms with E-state index >= 15 is 0 Å². The molecule has 1 amide bonds. The number of ether oxygens (including phenoxy) is 1. The third kappa shape index (κ3) is 3.53. The summed E-state index contributed by atoms with van der Waals surface area (Å²) in [7, 11) is 0. The zero-order chi connectivity index (χ0) is 17.3. The van der Waals surface area contributed by atoms with Gasteiger partial charge in [0.15, 0.2) is 0 Å². The molecule has 0 spiro atoms. The number of aliphatic hydroxyl groups excluding tert-OH is 1. The predicted molar refractivity (Wildman–Crippen MR) is 89.2 cm³/mol. The number of amides is 1. The van der Waals surface area contributed by atoms with E-state index in [-0.39, 0.29) is 35.8 Å². The Balaban J connectivity index is 1.64. The molecule has 0 aromatic carbocycles. The molecule has 1 aromatic rings. The number of aromatic nitrogens is 1. The van der Waals surface area contributed by atoms with Crippen LogP contribution in [0.3, 0.4) is 0 Å². The second kappa shape index (κ2) is 7.04. The highest BCUT2D eigenvalue weighted by Crippen LogP contribution is 2.24. The lowest BCUT2D eigenvalue weighted by Crippen LogP contribution is -2.46. The summed E-state index contributed by atoms with van der Waals surface area (Å²) in [6.07, 6.45) is 1.52. The maximum absolute atomic E-state index is 12.5. The van der Waals surface area contributed by atoms with Crippen molar-refractivity contribution < 1.29 is 14.6 Å². The van der Waals surface area contributed by atoms with Gasteiger partial charge < -0.3 is 20.1 Å². The van der Waals surface area contributed by atoms with E-state index in [4.69, 9.17) is 9.84 Å². The van der Waals surface area contributed by atoms with Crippen LogP contribution in [0.4, 0.5) is 0 Å². The molecule has 0 radical (unpaired) electrons. The van der Waals surface area contributed by atoms with Crippen molar-refractivity contribution in [1.29, 1.82) is 0 Å². The molecule has 2 aliphatic heterocycles. The molecule has 7 nitrogen and oxygen atoms in total. The van der Waals surface area contributed by atoms with Crippen LogP contribution in [0.15, 0.2) is 10.9 Å². The van der Waals surface area contributed by atoms with E-state index in [1.807, 2.05) is 6.07 Å². The third-order valence-electron chi connectivity index (χ3n) is 4.87. The number of nitrogens with zero attached hydrogens (tertiary/aromatic N) is 1. The SMILES string of the molecule is Cc1cc(C)c(C(=O)N[C@H]2C[C@H]3CO[C@@H](CCO)CN3C2)c(=O)[nH]1. The number of rotatable bonds is 4. The molecule has 3 rings (SSSR count). The zero-order valence-electron chi connectivity index (χ0n) is 14.2. The van der Waals surface area contributed by atoms with E-state index in [9.17, 15) is 9.59 Å². The summed E-state index contributed by atoms with van der Waals surface area (Å²) >= 11 is 0. The van der Waals surface area contributed by atoms with Gasteiger partial charge in [0.1, 0.15) is 5.56 Å². The molecule has 1 aromatic heterocycles. The molecule has 132 valence electrons. The van der Waals surface area contributed by atoms with Crippen LogP contribution in [0, 0.1) is 13.8 Å². The first-order chi connectivity index (χ1) is 11.5. The minimum atomic E-state index is -0.341. The zero-order valence-corrected chi connectivity index (χ0v) is 14.2. The highest BCUT2D eigenvalue weighted by Gasteiger charge is 2.38. The Hall–Kier alpha value is -1.70. The van der Waals surface area contributed by atoms with E-state index in [1.54, 1.807) is 13.8 Å². The molecular weight excluding hydrogens is 310 g/mol. The number of morpholine rings is 1. The lowest BCUT2D eigenvalue weighted by molar-refractivity contribution is -0.0566. The number of carbonyl (C=O) groups excluding carboxylic acids is 1. The Morgan fingerprint density at radius 1 is 1.46 bits per heavy atom. The highest BCUT2D eigenvalue weighted by molar-refractivity contribution is 5.95. The molecule has 2 aliphatic rings. The number of aliphatic hydroxyl groups is 1. The van der Waals surface area contributed by atoms with Gasteiger partial charge in [-0.15, -0.1) is 0 Å². The predicted octanol–water partition coefficient (Wildman–Crippen LogP) is -0.0544. The normalized spacial score (nSPS) is 27.0. The second-order valence-corrected chi connectivity index (χ2v) is 6.82. The quantitative estimate of drug-likeness (QED) is 0.717. The van der Waals surface area contributed by atoms with Crippen molar-refractivity contribution in [3.63, 3.8) is 0 Å². The van der Waals surface area contributed by atoms with E-state index in [2.05, 4.69) is 15.2 Å². The summed E-state index contributed by atoms with van der Waals surface area (Å²) in [6.45, 7) is 5.86. The molecule has 7 heteroatoms. The molecular formula is C17H25N3O4. The van der Waals surface area contributed by atoms with Crippen molar-refractivity contribution in [3.05, 3.63) is 33.2 Å². The van der Waals surface area contributed by atoms with E-state index in [1.165, 1.54) is 0 Å². The number of pyridine rings is 1. The molecule has 0 unspecified atom stereocenters. The summed E-state index contributed by atoms with van der Waals surface area (Å²) in [5.41, 5.74) is 1.29. The van der Waals surface area contributed by atoms with Gasteiger partial charge in [0.05, 0.1) is 12.7 Å². The molecule has 3 N–H and O–H groups in total. The molecule has 0 saturated carbocycles. The fourth-order valence-corrected chi connectivity index (χ4v) is 3.76. The topological polar surface area (TPSA) is 94.7 Å². The molecule has 3 atom stereocenters. The van der Waals surface area contributed by atoms with Crippen molar-refractivity contribution in [2.75, 3.05) is 26.3 Å². The lowest BCUT2D eigenvalue weighted by Gasteiger charge is -2.34. The van der Waals surface area contributed by atoms with E-state index in [0.717, 1.165) is 25.2 Å². The first kappa shape index (κ1) is 17.1. The minimum absolute atomic E-state index is 0.0130. The highest BCUT2D eigenvalue weighted by atomic mass is 16.5. The number of hydrogen-bond donors (Lipinski definition) is 3. The van der Waals surface area contributed by atoms with Crippen molar-refractivity contribution in [1.82, 2.24) is 15.2 Å². The number of fused-ring (bicyclic) bond motifs is 1. The maximum Gasteiger partial charge on any atom is 0.261 e. The van der Waals surface area contributed by atoms with Crippen molar-refractivity contribution in [3.8, 4) is 0 Å². The van der Waals surface area contributed by atoms with Crippen molar-refractivity contribution in [2.24, 2.45) is 0 Å². The van der Waals surface area contributed by atoms with Gasteiger partial charge in [-0.05, 0) is 38.3 Å². The van der Waals surface area contributed by atoms with E-state index in [0.29, 0.717) is 24.6 Å². The van der Waals surface area contributed by atoms with Crippen LogP contribution in [0.1, 0.15) is 34.5 Å². The summed E-state index contributed by atoms with van der Waals surface area (Å²) in [6, 6.07) is 2.11. The van der Waals surface area contributed by atoms with Crippen LogP contribution >= 0.6 is 0 Å². The summed E-state index contributed by atoms with van der Waals surface area (Å²) in [5.74, 6) is -0.313. The molecule has 24 heavy (non-hydrogen) atoms. The Morgan fingerprint density at radius 3 is 2.96 bits per heavy atom. The van der Waals surface area contributed by atoms with Gasteiger partial charge in [0, 0.05) is 37.5 Å². The number of H-pyrrole nitrogens is 1. The number of hydrogen-bond acceptors (Lipinski definition) is 5. The van der Waals surface area contributed by atoms with Gasteiger partial charge in [-0.2, -0.15) is 0 Å². The van der Waals surface area contributed by atoms with Crippen molar-refractivity contribution in [2.45, 2.75) is 44.9 Å². The standard InChI is InChI=1S/C17H25N3O4/c1-10-5-11(2)18-16(22)15(10)17(23)19-12-6-13-9-24-14(3-4-21)8-20(13)7-12/h5,12-14,21H,3-4,6-9H2,1-2H3,(H,18,22)(H,19,23)/t12-,13-,14-/m0/s1. The molecule has 0 aliphatic carbocycles. The van der Waals surface area contributed by atoms with Crippen LogP contribution in [0.2, 0.25) is 0 Å². The number of nitrogens with one attached hydrogen (secondary N) is 2. The Bertz CT molecular complexity index is 672. The van der Waals surface area contributed by atoms with Crippen LogP contribution in [0.25, 0.3) is 0 Å². The fraction of sp³-hybridized carbons (Fsp3) is 0.647. The van der Waals surface area contributed by atoms with Crippen LogP contribution in [-0.4, -0.2) is 65.4 Å². The molecule has 2 fully saturated rings. The Morgan fingerprint density at radius 2 is 2.25 bits per heavy atom. The number of aryl methyl sites for hydroxylation is 2. The summed E-state index contributed by atoms with van der Waals surface area (Å²) in [5, 5.41) is 12.0. The largest absolute Gasteiger partial charge is 0.396 e. The van der Waals surface area contributed by atoms with Gasteiger partial charge in [-0.1, -0.05) is 0 Å². The fourth-order valence-electron chi connectivity index (χ4n) is 3.76. The van der Waals surface area contributed by atoms with Crippen molar-refractivity contribution >= 4 is 5.91 Å². The summed E-state index contributed by atoms with van der Waals surface area (Å²) < 4.78 is 5.75.